The van der Waals surface area contributed by atoms with Gasteiger partial charge in [0.1, 0.15) is 25.4 Å². The molecule has 0 radical (unpaired) electrons. The number of ether oxygens (including phenoxy) is 3. The average Bonchev–Trinajstić information content (AvgIpc) is 1.38. The third-order valence-corrected chi connectivity index (χ3v) is 18.1. The molecule has 0 aliphatic heterocycles. The highest BCUT2D eigenvalue weighted by Gasteiger charge is 2.29. The lowest BCUT2D eigenvalue weighted by Crippen LogP contribution is -2.30. The molecule has 0 bridgehead atoms. The number of aliphatic hydroxyl groups is 2. The zero-order valence-electron chi connectivity index (χ0n) is 62.1. The highest BCUT2D eigenvalue weighted by molar-refractivity contribution is 7.47. The Morgan fingerprint density at radius 1 is 0.293 bits per heavy atom. The Balaban J connectivity index is 4.39. The SMILES string of the molecule is CC/C=C\C/C=C\C/C=C\C/C=C\C/C=C\CCCCCCCCCCCCCCCCCCCC(=O)OCC(O)COP(=O)(O)OCC(O)COP(=O)(O)OCC(COC(=O)CCCCCC/C=C\C/C=C\C/C=C\C/C=C\CC)OC(=O)CCCCCCC/C=C\CCCCCC. The van der Waals surface area contributed by atoms with Crippen LogP contribution in [0, 0.1) is 0 Å². The molecule has 18 heteroatoms. The van der Waals surface area contributed by atoms with Crippen LogP contribution in [-0.4, -0.2) is 95.9 Å². The molecule has 0 aromatic carbocycles. The second-order valence-corrected chi connectivity index (χ2v) is 28.7. The van der Waals surface area contributed by atoms with Gasteiger partial charge in [0.15, 0.2) is 6.10 Å². The van der Waals surface area contributed by atoms with Crippen LogP contribution in [0.15, 0.2) is 122 Å². The number of phosphoric ester groups is 2. The van der Waals surface area contributed by atoms with Crippen LogP contribution in [0.5, 0.6) is 0 Å². The van der Waals surface area contributed by atoms with E-state index in [1.54, 1.807) is 0 Å². The Bertz CT molecular complexity index is 2290. The molecule has 0 fully saturated rings. The van der Waals surface area contributed by atoms with Crippen molar-refractivity contribution in [1.29, 1.82) is 0 Å². The zero-order chi connectivity index (χ0) is 72.3. The van der Waals surface area contributed by atoms with E-state index in [1.165, 1.54) is 116 Å². The van der Waals surface area contributed by atoms with E-state index in [9.17, 15) is 43.5 Å². The van der Waals surface area contributed by atoms with Gasteiger partial charge < -0.3 is 34.2 Å². The van der Waals surface area contributed by atoms with Crippen molar-refractivity contribution in [3.63, 3.8) is 0 Å². The lowest BCUT2D eigenvalue weighted by molar-refractivity contribution is -0.161. The maximum atomic E-state index is 12.9. The zero-order valence-corrected chi connectivity index (χ0v) is 63.9. The number of phosphoric acid groups is 2. The summed E-state index contributed by atoms with van der Waals surface area (Å²) in [4.78, 5) is 58.5. The third kappa shape index (κ3) is 74.9. The smallest absolute Gasteiger partial charge is 0.463 e. The van der Waals surface area contributed by atoms with Gasteiger partial charge in [-0.2, -0.15) is 0 Å². The molecule has 0 aromatic heterocycles. The molecule has 0 saturated heterocycles. The second kappa shape index (κ2) is 73.7. The third-order valence-electron chi connectivity index (χ3n) is 16.2. The number of esters is 3. The number of hydrogen-bond acceptors (Lipinski definition) is 14. The normalized spacial score (nSPS) is 14.7. The molecule has 0 saturated carbocycles. The van der Waals surface area contributed by atoms with Crippen LogP contribution < -0.4 is 0 Å². The van der Waals surface area contributed by atoms with E-state index in [1.807, 2.05) is 0 Å². The van der Waals surface area contributed by atoms with Crippen LogP contribution in [-0.2, 0) is 55.8 Å². The number of rotatable bonds is 73. The summed E-state index contributed by atoms with van der Waals surface area (Å²) in [5.41, 5.74) is 0. The molecule has 0 amide bonds. The van der Waals surface area contributed by atoms with Gasteiger partial charge >= 0.3 is 33.6 Å². The maximum Gasteiger partial charge on any atom is 0.472 e. The molecule has 4 N–H and O–H groups in total. The fraction of sp³-hybridized carbons (Fsp3) is 0.716. The Hall–Kier alpha value is -4.05. The number of unbranched alkanes of at least 4 members (excludes halogenated alkanes) is 30. The van der Waals surface area contributed by atoms with Crippen molar-refractivity contribution < 1.29 is 75.8 Å². The number of carbonyl (C=O) groups is 3. The highest BCUT2D eigenvalue weighted by Crippen LogP contribution is 2.45. The van der Waals surface area contributed by atoms with Gasteiger partial charge in [0.25, 0.3) is 0 Å². The minimum absolute atomic E-state index is 0.0880. The van der Waals surface area contributed by atoms with Gasteiger partial charge in [-0.05, 0) is 128 Å². The molecule has 0 spiro atoms. The molecular formula is C81H140O16P2. The standard InChI is InChI=1S/C81H140O16P2/c1-4-7-10-13-16-19-22-25-27-29-30-31-32-33-34-35-36-37-38-39-40-41-42-43-44-46-48-50-52-55-58-61-64-67-79(84)91-70-76(82)71-93-98(87,88)94-72-77(83)73-95-99(89,90)96-75-78(97-81(86)69-66-63-60-57-54-49-24-21-18-15-12-9-6-3)74-92-80(85)68-65-62-59-56-53-51-47-45-28-26-23-20-17-14-11-8-5-2/h7-8,10-11,16-17,19-21,24-28,30-31,33-34,47,51,76-78,82-83H,4-6,9,12-15,18,22-23,29,32,35-46,48-50,52-75H2,1-3H3,(H,87,88)(H,89,90)/b10-7-,11-8-,19-16-,20-17-,24-21-,27-25-,28-26-,31-30-,34-33-,51-47-. The summed E-state index contributed by atoms with van der Waals surface area (Å²) >= 11 is 0. The summed E-state index contributed by atoms with van der Waals surface area (Å²) in [6.45, 7) is 2.41. The largest absolute Gasteiger partial charge is 0.472 e. The quantitative estimate of drug-likeness (QED) is 0.0146. The molecule has 570 valence electrons. The minimum atomic E-state index is -4.93. The van der Waals surface area contributed by atoms with Crippen LogP contribution in [0.1, 0.15) is 316 Å². The maximum absolute atomic E-state index is 12.9. The Morgan fingerprint density at radius 2 is 0.535 bits per heavy atom. The fourth-order valence-corrected chi connectivity index (χ4v) is 11.9. The van der Waals surface area contributed by atoms with E-state index in [0.717, 1.165) is 141 Å². The first-order valence-corrected chi connectivity index (χ1v) is 41.8. The van der Waals surface area contributed by atoms with Crippen LogP contribution in [0.2, 0.25) is 0 Å². The molecule has 5 atom stereocenters. The summed E-state index contributed by atoms with van der Waals surface area (Å²) in [5.74, 6) is -1.61. The topological polar surface area (TPSA) is 231 Å². The van der Waals surface area contributed by atoms with Gasteiger partial charge in [-0.1, -0.05) is 290 Å². The molecular weight excluding hydrogens is 1290 g/mol. The van der Waals surface area contributed by atoms with Crippen molar-refractivity contribution in [3.8, 4) is 0 Å². The van der Waals surface area contributed by atoms with Crippen LogP contribution >= 0.6 is 15.6 Å². The number of hydrogen-bond donors (Lipinski definition) is 4. The predicted molar refractivity (Wildman–Crippen MR) is 408 cm³/mol. The van der Waals surface area contributed by atoms with E-state index in [4.69, 9.17) is 32.3 Å². The van der Waals surface area contributed by atoms with Crippen LogP contribution in [0.25, 0.3) is 0 Å². The first-order chi connectivity index (χ1) is 48.2. The minimum Gasteiger partial charge on any atom is -0.463 e. The molecule has 0 aromatic rings. The molecule has 16 nitrogen and oxygen atoms in total. The van der Waals surface area contributed by atoms with Gasteiger partial charge in [-0.3, -0.25) is 32.5 Å². The van der Waals surface area contributed by atoms with Gasteiger partial charge in [0, 0.05) is 19.3 Å². The highest BCUT2D eigenvalue weighted by atomic mass is 31.2. The average molecular weight is 1430 g/mol. The van der Waals surface area contributed by atoms with Crippen molar-refractivity contribution in [2.75, 3.05) is 39.6 Å². The lowest BCUT2D eigenvalue weighted by atomic mass is 10.0. The van der Waals surface area contributed by atoms with Crippen LogP contribution in [0.4, 0.5) is 0 Å². The fourth-order valence-electron chi connectivity index (χ4n) is 10.3. The van der Waals surface area contributed by atoms with E-state index in [2.05, 4.69) is 142 Å². The summed E-state index contributed by atoms with van der Waals surface area (Å²) < 4.78 is 61.0. The molecule has 99 heavy (non-hydrogen) atoms. The summed E-state index contributed by atoms with van der Waals surface area (Å²) in [7, 11) is -9.79. The van der Waals surface area contributed by atoms with Crippen molar-refractivity contribution in [2.45, 2.75) is 334 Å². The Morgan fingerprint density at radius 3 is 0.859 bits per heavy atom. The first kappa shape index (κ1) is 94.9. The van der Waals surface area contributed by atoms with Crippen molar-refractivity contribution in [1.82, 2.24) is 0 Å². The molecule has 0 aliphatic carbocycles. The molecule has 5 unspecified atom stereocenters. The van der Waals surface area contributed by atoms with Gasteiger partial charge in [0.2, 0.25) is 0 Å². The molecule has 0 heterocycles. The predicted octanol–water partition coefficient (Wildman–Crippen LogP) is 22.5. The van der Waals surface area contributed by atoms with E-state index in [-0.39, 0.29) is 19.3 Å². The Labute approximate surface area is 602 Å². The summed E-state index contributed by atoms with van der Waals surface area (Å²) in [6, 6.07) is 0. The van der Waals surface area contributed by atoms with Crippen molar-refractivity contribution >= 4 is 33.6 Å². The molecule has 0 rings (SSSR count). The summed E-state index contributed by atoms with van der Waals surface area (Å²) in [5, 5.41) is 20.6. The monoisotopic (exact) mass is 1430 g/mol. The number of carbonyl (C=O) groups excluding carboxylic acids is 3. The van der Waals surface area contributed by atoms with Crippen LogP contribution in [0.3, 0.4) is 0 Å². The first-order valence-electron chi connectivity index (χ1n) is 38.8. The van der Waals surface area contributed by atoms with Crippen molar-refractivity contribution in [2.24, 2.45) is 0 Å². The van der Waals surface area contributed by atoms with E-state index >= 15 is 0 Å². The van der Waals surface area contributed by atoms with Gasteiger partial charge in [0.05, 0.1) is 26.4 Å². The van der Waals surface area contributed by atoms with E-state index < -0.39 is 91.5 Å². The van der Waals surface area contributed by atoms with Gasteiger partial charge in [-0.15, -0.1) is 0 Å². The number of aliphatic hydroxyl groups excluding tert-OH is 2. The number of allylic oxidation sites excluding steroid dienone is 20. The summed E-state index contributed by atoms with van der Waals surface area (Å²) in [6.07, 6.45) is 87.0. The lowest BCUT2D eigenvalue weighted by Gasteiger charge is -2.21. The van der Waals surface area contributed by atoms with Gasteiger partial charge in [-0.25, -0.2) is 9.13 Å². The second-order valence-electron chi connectivity index (χ2n) is 25.7. The van der Waals surface area contributed by atoms with Crippen molar-refractivity contribution in [3.05, 3.63) is 122 Å². The van der Waals surface area contributed by atoms with E-state index in [0.29, 0.717) is 19.3 Å². The molecule has 0 aliphatic rings. The Kier molecular flexibility index (Phi) is 70.7.